The molecule has 0 spiro atoms. The molecule has 26 heavy (non-hydrogen) atoms. The summed E-state index contributed by atoms with van der Waals surface area (Å²) in [4.78, 5) is 20.8. The minimum atomic E-state index is -1.46. The van der Waals surface area contributed by atoms with Crippen LogP contribution in [0.15, 0.2) is 54.7 Å². The highest BCUT2D eigenvalue weighted by molar-refractivity contribution is 5.84. The van der Waals surface area contributed by atoms with Crippen LogP contribution in [0.3, 0.4) is 0 Å². The molecule has 7 heteroatoms. The highest BCUT2D eigenvalue weighted by Gasteiger charge is 2.29. The van der Waals surface area contributed by atoms with Crippen LogP contribution in [-0.2, 0) is 17.8 Å². The van der Waals surface area contributed by atoms with Gasteiger partial charge in [-0.15, -0.1) is 0 Å². The average molecular weight is 351 g/mol. The molecule has 0 radical (unpaired) electrons. The first-order valence-electron chi connectivity index (χ1n) is 8.42. The summed E-state index contributed by atoms with van der Waals surface area (Å²) in [7, 11) is 0. The number of aliphatic hydroxyl groups is 1. The van der Waals surface area contributed by atoms with Gasteiger partial charge < -0.3 is 10.4 Å². The molecule has 0 aliphatic carbocycles. The Hall–Kier alpha value is -3.06. The molecule has 0 fully saturated rings. The Morgan fingerprint density at radius 3 is 2.69 bits per heavy atom. The van der Waals surface area contributed by atoms with Crippen LogP contribution in [0.2, 0.25) is 0 Å². The fourth-order valence-electron chi connectivity index (χ4n) is 2.48. The Labute approximate surface area is 151 Å². The van der Waals surface area contributed by atoms with Gasteiger partial charge in [0.15, 0.2) is 5.82 Å². The molecule has 7 nitrogen and oxygen atoms in total. The lowest BCUT2D eigenvalue weighted by Gasteiger charge is -2.22. The molecule has 0 bridgehead atoms. The summed E-state index contributed by atoms with van der Waals surface area (Å²) < 4.78 is 0. The molecule has 0 saturated carbocycles. The molecule has 1 amide bonds. The molecule has 3 rings (SSSR count). The molecule has 3 N–H and O–H groups in total. The van der Waals surface area contributed by atoms with Gasteiger partial charge in [-0.2, -0.15) is 5.10 Å². The fourth-order valence-corrected chi connectivity index (χ4v) is 2.48. The summed E-state index contributed by atoms with van der Waals surface area (Å²) >= 11 is 0. The Morgan fingerprint density at radius 1 is 1.19 bits per heavy atom. The zero-order chi connectivity index (χ0) is 18.4. The Bertz CT molecular complexity index is 847. The number of hydrogen-bond donors (Lipinski definition) is 3. The van der Waals surface area contributed by atoms with E-state index in [9.17, 15) is 9.90 Å². The number of rotatable bonds is 7. The zero-order valence-corrected chi connectivity index (χ0v) is 14.5. The summed E-state index contributed by atoms with van der Waals surface area (Å²) in [6.07, 6.45) is 2.61. The summed E-state index contributed by atoms with van der Waals surface area (Å²) in [6.45, 7) is 1.67. The number of amides is 1. The summed E-state index contributed by atoms with van der Waals surface area (Å²) in [5.74, 6) is 0.521. The first kappa shape index (κ1) is 17.8. The van der Waals surface area contributed by atoms with Crippen molar-refractivity contribution in [2.75, 3.05) is 0 Å². The lowest BCUT2D eigenvalue weighted by molar-refractivity contribution is -0.138. The third-order valence-corrected chi connectivity index (χ3v) is 4.07. The second-order valence-electron chi connectivity index (χ2n) is 6.26. The lowest BCUT2D eigenvalue weighted by atomic mass is 9.96. The number of aryl methyl sites for hydroxylation is 1. The number of aromatic amines is 1. The van der Waals surface area contributed by atoms with E-state index in [1.165, 1.54) is 6.92 Å². The van der Waals surface area contributed by atoms with E-state index in [0.717, 1.165) is 5.56 Å². The second kappa shape index (κ2) is 7.88. The van der Waals surface area contributed by atoms with Gasteiger partial charge in [0.25, 0.3) is 5.91 Å². The normalized spacial score (nSPS) is 13.2. The molecule has 1 aromatic carbocycles. The number of H-pyrrole nitrogens is 1. The number of benzene rings is 1. The van der Waals surface area contributed by atoms with Crippen LogP contribution in [-0.4, -0.2) is 36.8 Å². The molecule has 3 aromatic rings. The Morgan fingerprint density at radius 2 is 1.96 bits per heavy atom. The molecule has 1 atom stereocenters. The Balaban J connectivity index is 1.54. The van der Waals surface area contributed by atoms with Crippen molar-refractivity contribution in [2.24, 2.45) is 0 Å². The highest BCUT2D eigenvalue weighted by atomic mass is 16.3. The number of carbonyl (C=O) groups excluding carboxylic acids is 1. The fraction of sp³-hybridized carbons (Fsp3) is 0.263. The average Bonchev–Trinajstić information content (AvgIpc) is 3.15. The zero-order valence-electron chi connectivity index (χ0n) is 14.5. The largest absolute Gasteiger partial charge is 0.380 e. The van der Waals surface area contributed by atoms with Gasteiger partial charge in [-0.05, 0) is 37.5 Å². The van der Waals surface area contributed by atoms with Crippen LogP contribution < -0.4 is 5.32 Å². The van der Waals surface area contributed by atoms with Crippen LogP contribution in [0.5, 0.6) is 0 Å². The molecule has 0 aliphatic rings. The summed E-state index contributed by atoms with van der Waals surface area (Å²) in [5, 5.41) is 20.0. The third kappa shape index (κ3) is 4.52. The predicted octanol–water partition coefficient (Wildman–Crippen LogP) is 1.87. The number of pyridine rings is 1. The van der Waals surface area contributed by atoms with Crippen LogP contribution in [0.1, 0.15) is 24.7 Å². The van der Waals surface area contributed by atoms with Gasteiger partial charge >= 0.3 is 0 Å². The van der Waals surface area contributed by atoms with Crippen molar-refractivity contribution < 1.29 is 9.90 Å². The van der Waals surface area contributed by atoms with E-state index in [1.54, 1.807) is 12.3 Å². The van der Waals surface area contributed by atoms with Gasteiger partial charge in [0.2, 0.25) is 0 Å². The summed E-state index contributed by atoms with van der Waals surface area (Å²) in [6, 6.07) is 15.2. The van der Waals surface area contributed by atoms with Crippen molar-refractivity contribution in [3.05, 3.63) is 66.1 Å². The number of aromatic nitrogens is 4. The van der Waals surface area contributed by atoms with Crippen molar-refractivity contribution in [1.29, 1.82) is 0 Å². The third-order valence-electron chi connectivity index (χ3n) is 4.07. The number of nitrogens with one attached hydrogen (secondary N) is 2. The van der Waals surface area contributed by atoms with E-state index >= 15 is 0 Å². The van der Waals surface area contributed by atoms with Gasteiger partial charge in [0.1, 0.15) is 17.1 Å². The van der Waals surface area contributed by atoms with Crippen molar-refractivity contribution in [3.63, 3.8) is 0 Å². The van der Waals surface area contributed by atoms with Crippen molar-refractivity contribution >= 4 is 5.91 Å². The maximum atomic E-state index is 12.3. The van der Waals surface area contributed by atoms with Crippen molar-refractivity contribution in [3.8, 4) is 11.5 Å². The standard InChI is InChI=1S/C19H21N5O2/c1-19(26,11-10-14-7-3-2-4-8-14)18(25)21-13-16-22-17(24-23-16)15-9-5-6-12-20-15/h2-9,12,26H,10-11,13H2,1H3,(H,21,25)(H,22,23,24). The van der Waals surface area contributed by atoms with Crippen LogP contribution in [0.25, 0.3) is 11.5 Å². The minimum absolute atomic E-state index is 0.153. The maximum absolute atomic E-state index is 12.3. The number of hydrogen-bond acceptors (Lipinski definition) is 5. The first-order chi connectivity index (χ1) is 12.5. The first-order valence-corrected chi connectivity index (χ1v) is 8.42. The SMILES string of the molecule is CC(O)(CCc1ccccc1)C(=O)NCc1nc(-c2ccccn2)n[nH]1. The Kier molecular flexibility index (Phi) is 5.38. The predicted molar refractivity (Wildman–Crippen MR) is 96.8 cm³/mol. The van der Waals surface area contributed by atoms with E-state index in [1.807, 2.05) is 42.5 Å². The topological polar surface area (TPSA) is 104 Å². The van der Waals surface area contributed by atoms with Crippen LogP contribution in [0, 0.1) is 0 Å². The van der Waals surface area contributed by atoms with E-state index < -0.39 is 11.5 Å². The molecule has 2 aromatic heterocycles. The van der Waals surface area contributed by atoms with E-state index in [-0.39, 0.29) is 6.54 Å². The van der Waals surface area contributed by atoms with Crippen LogP contribution >= 0.6 is 0 Å². The quantitative estimate of drug-likeness (QED) is 0.603. The molecular weight excluding hydrogens is 330 g/mol. The highest BCUT2D eigenvalue weighted by Crippen LogP contribution is 2.15. The number of nitrogens with zero attached hydrogens (tertiary/aromatic N) is 3. The smallest absolute Gasteiger partial charge is 0.252 e. The molecule has 0 saturated heterocycles. The maximum Gasteiger partial charge on any atom is 0.252 e. The van der Waals surface area contributed by atoms with Crippen LogP contribution in [0.4, 0.5) is 0 Å². The van der Waals surface area contributed by atoms with Crippen molar-refractivity contribution in [2.45, 2.75) is 31.9 Å². The van der Waals surface area contributed by atoms with Crippen molar-refractivity contribution in [1.82, 2.24) is 25.5 Å². The molecule has 2 heterocycles. The molecule has 0 aliphatic heterocycles. The minimum Gasteiger partial charge on any atom is -0.380 e. The molecular formula is C19H21N5O2. The van der Waals surface area contributed by atoms with E-state index in [0.29, 0.717) is 30.2 Å². The van der Waals surface area contributed by atoms with E-state index in [4.69, 9.17) is 0 Å². The molecule has 134 valence electrons. The van der Waals surface area contributed by atoms with Gasteiger partial charge in [-0.3, -0.25) is 14.9 Å². The monoisotopic (exact) mass is 351 g/mol. The summed E-state index contributed by atoms with van der Waals surface area (Å²) in [5.41, 5.74) is 0.270. The second-order valence-corrected chi connectivity index (χ2v) is 6.26. The lowest BCUT2D eigenvalue weighted by Crippen LogP contribution is -2.44. The number of carbonyl (C=O) groups is 1. The molecule has 1 unspecified atom stereocenters. The van der Waals surface area contributed by atoms with Gasteiger partial charge in [-0.1, -0.05) is 36.4 Å². The van der Waals surface area contributed by atoms with Gasteiger partial charge in [0, 0.05) is 6.20 Å². The van der Waals surface area contributed by atoms with E-state index in [2.05, 4.69) is 25.5 Å². The van der Waals surface area contributed by atoms with Gasteiger partial charge in [0.05, 0.1) is 6.54 Å². The van der Waals surface area contributed by atoms with Gasteiger partial charge in [-0.25, -0.2) is 4.98 Å².